The van der Waals surface area contributed by atoms with Crippen LogP contribution in [0.2, 0.25) is 0 Å². The number of hydrogen-bond acceptors (Lipinski definition) is 3. The van der Waals surface area contributed by atoms with Gasteiger partial charge in [0.05, 0.1) is 17.9 Å². The van der Waals surface area contributed by atoms with Crippen molar-refractivity contribution in [1.29, 1.82) is 0 Å². The standard InChI is InChI=1S/C16H23N3O2/c1-19(2)14-10-6-5-9-13(14)18-15(20)11-17-16(21)12-7-3-4-8-12/h5-6,9-10,12H,3-4,7-8,11H2,1-2H3,(H,17,21)(H,18,20). The molecule has 0 unspecified atom stereocenters. The molecular formula is C16H23N3O2. The SMILES string of the molecule is CN(C)c1ccccc1NC(=O)CNC(=O)C1CCCC1. The Balaban J connectivity index is 1.86. The summed E-state index contributed by atoms with van der Waals surface area (Å²) < 4.78 is 0. The molecule has 21 heavy (non-hydrogen) atoms. The summed E-state index contributed by atoms with van der Waals surface area (Å²) in [5.41, 5.74) is 1.69. The van der Waals surface area contributed by atoms with E-state index in [4.69, 9.17) is 0 Å². The molecular weight excluding hydrogens is 266 g/mol. The maximum absolute atomic E-state index is 12.0. The first-order valence-electron chi connectivity index (χ1n) is 7.42. The minimum absolute atomic E-state index is 0.00328. The fourth-order valence-electron chi connectivity index (χ4n) is 2.66. The van der Waals surface area contributed by atoms with Crippen LogP contribution in [-0.2, 0) is 9.59 Å². The van der Waals surface area contributed by atoms with Crippen molar-refractivity contribution in [3.05, 3.63) is 24.3 Å². The largest absolute Gasteiger partial charge is 0.376 e. The van der Waals surface area contributed by atoms with Gasteiger partial charge < -0.3 is 15.5 Å². The van der Waals surface area contributed by atoms with Crippen LogP contribution < -0.4 is 15.5 Å². The number of hydrogen-bond donors (Lipinski definition) is 2. The lowest BCUT2D eigenvalue weighted by Crippen LogP contribution is -2.36. The number of amides is 2. The summed E-state index contributed by atoms with van der Waals surface area (Å²) in [6.45, 7) is 0.0249. The van der Waals surface area contributed by atoms with E-state index in [0.717, 1.165) is 37.1 Å². The van der Waals surface area contributed by atoms with Gasteiger partial charge in [-0.05, 0) is 25.0 Å². The van der Waals surface area contributed by atoms with Crippen LogP contribution in [0.5, 0.6) is 0 Å². The highest BCUT2D eigenvalue weighted by Crippen LogP contribution is 2.25. The predicted octanol–water partition coefficient (Wildman–Crippen LogP) is 2.00. The number of nitrogens with zero attached hydrogens (tertiary/aromatic N) is 1. The molecule has 0 spiro atoms. The highest BCUT2D eigenvalue weighted by atomic mass is 16.2. The van der Waals surface area contributed by atoms with Crippen molar-refractivity contribution >= 4 is 23.2 Å². The maximum atomic E-state index is 12.0. The molecule has 0 aromatic heterocycles. The third-order valence-electron chi connectivity index (χ3n) is 3.81. The summed E-state index contributed by atoms with van der Waals surface area (Å²) >= 11 is 0. The first-order chi connectivity index (χ1) is 10.1. The second kappa shape index (κ2) is 7.11. The highest BCUT2D eigenvalue weighted by molar-refractivity contribution is 5.97. The van der Waals surface area contributed by atoms with Crippen LogP contribution in [0.3, 0.4) is 0 Å². The van der Waals surface area contributed by atoms with Crippen molar-refractivity contribution in [2.75, 3.05) is 30.9 Å². The number of para-hydroxylation sites is 2. The van der Waals surface area contributed by atoms with Gasteiger partial charge in [-0.15, -0.1) is 0 Å². The van der Waals surface area contributed by atoms with Gasteiger partial charge in [-0.2, -0.15) is 0 Å². The number of carbonyl (C=O) groups excluding carboxylic acids is 2. The number of anilines is 2. The molecule has 1 aliphatic carbocycles. The van der Waals surface area contributed by atoms with E-state index in [0.29, 0.717) is 0 Å². The van der Waals surface area contributed by atoms with E-state index in [9.17, 15) is 9.59 Å². The van der Waals surface area contributed by atoms with Gasteiger partial charge >= 0.3 is 0 Å². The van der Waals surface area contributed by atoms with Gasteiger partial charge in [0.2, 0.25) is 11.8 Å². The van der Waals surface area contributed by atoms with Crippen LogP contribution in [0.4, 0.5) is 11.4 Å². The quantitative estimate of drug-likeness (QED) is 0.871. The van der Waals surface area contributed by atoms with Crippen LogP contribution in [0.1, 0.15) is 25.7 Å². The zero-order chi connectivity index (χ0) is 15.2. The topological polar surface area (TPSA) is 61.4 Å². The van der Waals surface area contributed by atoms with Crippen molar-refractivity contribution in [3.8, 4) is 0 Å². The number of nitrogens with one attached hydrogen (secondary N) is 2. The Morgan fingerprint density at radius 3 is 2.52 bits per heavy atom. The minimum atomic E-state index is -0.198. The smallest absolute Gasteiger partial charge is 0.243 e. The molecule has 2 amide bonds. The lowest BCUT2D eigenvalue weighted by atomic mass is 10.1. The van der Waals surface area contributed by atoms with Crippen LogP contribution in [-0.4, -0.2) is 32.5 Å². The summed E-state index contributed by atoms with van der Waals surface area (Å²) in [5, 5.41) is 5.57. The summed E-state index contributed by atoms with van der Waals surface area (Å²) in [7, 11) is 3.85. The Hall–Kier alpha value is -2.04. The van der Waals surface area contributed by atoms with Gasteiger partial charge in [0.25, 0.3) is 0 Å². The molecule has 0 bridgehead atoms. The van der Waals surface area contributed by atoms with Crippen LogP contribution in [0.25, 0.3) is 0 Å². The van der Waals surface area contributed by atoms with Gasteiger partial charge in [-0.25, -0.2) is 0 Å². The van der Waals surface area contributed by atoms with E-state index in [2.05, 4.69) is 10.6 Å². The lowest BCUT2D eigenvalue weighted by Gasteiger charge is -2.18. The molecule has 2 rings (SSSR count). The molecule has 0 radical (unpaired) electrons. The van der Waals surface area contributed by atoms with E-state index in [1.807, 2.05) is 43.3 Å². The fraction of sp³-hybridized carbons (Fsp3) is 0.500. The van der Waals surface area contributed by atoms with Gasteiger partial charge in [0.1, 0.15) is 0 Å². The maximum Gasteiger partial charge on any atom is 0.243 e. The van der Waals surface area contributed by atoms with E-state index in [1.165, 1.54) is 0 Å². The average molecular weight is 289 g/mol. The van der Waals surface area contributed by atoms with Crippen molar-refractivity contribution in [2.45, 2.75) is 25.7 Å². The molecule has 1 aromatic carbocycles. The third-order valence-corrected chi connectivity index (χ3v) is 3.81. The van der Waals surface area contributed by atoms with E-state index >= 15 is 0 Å². The Labute approximate surface area is 125 Å². The van der Waals surface area contributed by atoms with E-state index in [-0.39, 0.29) is 24.3 Å². The molecule has 5 nitrogen and oxygen atoms in total. The first-order valence-corrected chi connectivity index (χ1v) is 7.42. The zero-order valence-electron chi connectivity index (χ0n) is 12.7. The van der Waals surface area contributed by atoms with Crippen molar-refractivity contribution in [2.24, 2.45) is 5.92 Å². The molecule has 1 saturated carbocycles. The molecule has 5 heteroatoms. The number of carbonyl (C=O) groups is 2. The van der Waals surface area contributed by atoms with E-state index in [1.54, 1.807) is 0 Å². The second-order valence-electron chi connectivity index (χ2n) is 5.66. The van der Waals surface area contributed by atoms with Crippen LogP contribution in [0, 0.1) is 5.92 Å². The third kappa shape index (κ3) is 4.21. The number of rotatable bonds is 5. The Bertz CT molecular complexity index is 508. The molecule has 0 atom stereocenters. The van der Waals surface area contributed by atoms with Crippen LogP contribution >= 0.6 is 0 Å². The lowest BCUT2D eigenvalue weighted by molar-refractivity contribution is -0.127. The molecule has 1 fully saturated rings. The first kappa shape index (κ1) is 15.4. The Morgan fingerprint density at radius 1 is 1.19 bits per heavy atom. The predicted molar refractivity (Wildman–Crippen MR) is 84.4 cm³/mol. The van der Waals surface area contributed by atoms with Gasteiger partial charge in [-0.1, -0.05) is 25.0 Å². The zero-order valence-corrected chi connectivity index (χ0v) is 12.7. The summed E-state index contributed by atoms with van der Waals surface area (Å²) in [6.07, 6.45) is 4.11. The monoisotopic (exact) mass is 289 g/mol. The van der Waals surface area contributed by atoms with Crippen molar-refractivity contribution in [1.82, 2.24) is 5.32 Å². The fourth-order valence-corrected chi connectivity index (χ4v) is 2.66. The van der Waals surface area contributed by atoms with Gasteiger partial charge in [0.15, 0.2) is 0 Å². The molecule has 0 saturated heterocycles. The van der Waals surface area contributed by atoms with Crippen molar-refractivity contribution in [3.63, 3.8) is 0 Å². The molecule has 114 valence electrons. The van der Waals surface area contributed by atoms with Gasteiger partial charge in [0, 0.05) is 20.0 Å². The summed E-state index contributed by atoms with van der Waals surface area (Å²) in [6, 6.07) is 7.59. The van der Waals surface area contributed by atoms with Crippen molar-refractivity contribution < 1.29 is 9.59 Å². The second-order valence-corrected chi connectivity index (χ2v) is 5.66. The molecule has 2 N–H and O–H groups in total. The molecule has 1 aromatic rings. The van der Waals surface area contributed by atoms with Crippen LogP contribution in [0.15, 0.2) is 24.3 Å². The average Bonchev–Trinajstić information content (AvgIpc) is 2.99. The summed E-state index contributed by atoms with van der Waals surface area (Å²) in [5.74, 6) is -0.106. The molecule has 1 aliphatic rings. The summed E-state index contributed by atoms with van der Waals surface area (Å²) in [4.78, 5) is 25.8. The van der Waals surface area contributed by atoms with E-state index < -0.39 is 0 Å². The molecule has 0 heterocycles. The van der Waals surface area contributed by atoms with Gasteiger partial charge in [-0.3, -0.25) is 9.59 Å². The highest BCUT2D eigenvalue weighted by Gasteiger charge is 2.22. The minimum Gasteiger partial charge on any atom is -0.376 e. The Kier molecular flexibility index (Phi) is 5.20. The normalized spacial score (nSPS) is 14.8. The molecule has 0 aliphatic heterocycles. The number of benzene rings is 1. The Morgan fingerprint density at radius 2 is 1.86 bits per heavy atom.